The van der Waals surface area contributed by atoms with E-state index in [0.717, 1.165) is 48.8 Å². The molecule has 3 aromatic rings. The third-order valence-electron chi connectivity index (χ3n) is 4.43. The highest BCUT2D eigenvalue weighted by molar-refractivity contribution is 8.00. The maximum Gasteiger partial charge on any atom is 0.257 e. The van der Waals surface area contributed by atoms with Gasteiger partial charge in [0.15, 0.2) is 5.58 Å². The average molecular weight is 383 g/mol. The lowest BCUT2D eigenvalue weighted by Gasteiger charge is -2.28. The van der Waals surface area contributed by atoms with Crippen LogP contribution in [0.1, 0.15) is 6.92 Å². The van der Waals surface area contributed by atoms with E-state index in [4.69, 9.17) is 9.15 Å². The van der Waals surface area contributed by atoms with Crippen LogP contribution < -0.4 is 10.2 Å². The van der Waals surface area contributed by atoms with Crippen molar-refractivity contribution in [2.75, 3.05) is 36.5 Å². The summed E-state index contributed by atoms with van der Waals surface area (Å²) in [6, 6.07) is 15.5. The fraction of sp³-hybridized carbons (Fsp3) is 0.300. The molecule has 2 aromatic carbocycles. The van der Waals surface area contributed by atoms with E-state index in [0.29, 0.717) is 5.22 Å². The molecule has 2 heterocycles. The lowest BCUT2D eigenvalue weighted by molar-refractivity contribution is -0.115. The van der Waals surface area contributed by atoms with E-state index in [2.05, 4.69) is 15.2 Å². The van der Waals surface area contributed by atoms with Crippen molar-refractivity contribution in [1.29, 1.82) is 0 Å². The summed E-state index contributed by atoms with van der Waals surface area (Å²) < 4.78 is 11.1. The summed E-state index contributed by atoms with van der Waals surface area (Å²) >= 11 is 1.31. The lowest BCUT2D eigenvalue weighted by Crippen LogP contribution is -2.36. The summed E-state index contributed by atoms with van der Waals surface area (Å²) in [5.74, 6) is -0.0821. The number of benzene rings is 2. The summed E-state index contributed by atoms with van der Waals surface area (Å²) in [4.78, 5) is 19.2. The van der Waals surface area contributed by atoms with Crippen molar-refractivity contribution < 1.29 is 13.9 Å². The fourth-order valence-corrected chi connectivity index (χ4v) is 3.68. The minimum Gasteiger partial charge on any atom is -0.431 e. The van der Waals surface area contributed by atoms with Gasteiger partial charge < -0.3 is 19.4 Å². The van der Waals surface area contributed by atoms with Gasteiger partial charge in [0.1, 0.15) is 5.52 Å². The van der Waals surface area contributed by atoms with Gasteiger partial charge in [-0.3, -0.25) is 4.79 Å². The standard InChI is InChI=1S/C20H21N3O3S/c1-14(27-20-22-17-4-2-3-5-18(17)26-20)19(24)21-15-6-8-16(9-7-15)23-10-12-25-13-11-23/h2-9,14H,10-13H2,1H3,(H,21,24)/t14-/m1/s1. The molecule has 0 radical (unpaired) electrons. The summed E-state index contributed by atoms with van der Waals surface area (Å²) in [7, 11) is 0. The Labute approximate surface area is 161 Å². The molecule has 1 N–H and O–H groups in total. The molecule has 1 saturated heterocycles. The number of oxazole rings is 1. The molecule has 1 atom stereocenters. The van der Waals surface area contributed by atoms with Gasteiger partial charge in [0.25, 0.3) is 5.22 Å². The van der Waals surface area contributed by atoms with Crippen LogP contribution in [0.3, 0.4) is 0 Å². The number of morpholine rings is 1. The van der Waals surface area contributed by atoms with Gasteiger partial charge in [-0.2, -0.15) is 0 Å². The normalized spacial score (nSPS) is 15.7. The molecule has 6 nitrogen and oxygen atoms in total. The minimum atomic E-state index is -0.322. The van der Waals surface area contributed by atoms with Gasteiger partial charge in [-0.1, -0.05) is 23.9 Å². The lowest BCUT2D eigenvalue weighted by atomic mass is 10.2. The van der Waals surface area contributed by atoms with Crippen molar-refractivity contribution in [3.05, 3.63) is 48.5 Å². The molecule has 0 unspecified atom stereocenters. The summed E-state index contributed by atoms with van der Waals surface area (Å²) in [6.07, 6.45) is 0. The second-order valence-electron chi connectivity index (χ2n) is 6.34. The number of thioether (sulfide) groups is 1. The van der Waals surface area contributed by atoms with Crippen LogP contribution >= 0.6 is 11.8 Å². The van der Waals surface area contributed by atoms with Crippen molar-refractivity contribution in [2.24, 2.45) is 0 Å². The quantitative estimate of drug-likeness (QED) is 0.676. The van der Waals surface area contributed by atoms with Crippen LogP contribution in [0.15, 0.2) is 58.2 Å². The maximum atomic E-state index is 12.5. The third kappa shape index (κ3) is 4.26. The molecule has 1 aliphatic rings. The van der Waals surface area contributed by atoms with E-state index in [1.165, 1.54) is 11.8 Å². The molecule has 1 aromatic heterocycles. The Hall–Kier alpha value is -2.51. The Morgan fingerprint density at radius 3 is 2.63 bits per heavy atom. The Kier molecular flexibility index (Phi) is 5.31. The number of fused-ring (bicyclic) bond motifs is 1. The summed E-state index contributed by atoms with van der Waals surface area (Å²) in [6.45, 7) is 5.14. The Balaban J connectivity index is 1.36. The zero-order valence-electron chi connectivity index (χ0n) is 15.1. The van der Waals surface area contributed by atoms with Crippen LogP contribution in [-0.4, -0.2) is 42.4 Å². The first kappa shape index (κ1) is 17.9. The molecule has 0 aliphatic carbocycles. The maximum absolute atomic E-state index is 12.5. The molecule has 1 amide bonds. The van der Waals surface area contributed by atoms with Crippen LogP contribution in [0.4, 0.5) is 11.4 Å². The first-order valence-corrected chi connectivity index (χ1v) is 9.83. The predicted molar refractivity (Wildman–Crippen MR) is 107 cm³/mol. The van der Waals surface area contributed by atoms with Crippen LogP contribution in [0.2, 0.25) is 0 Å². The molecule has 4 rings (SSSR count). The highest BCUT2D eigenvalue weighted by atomic mass is 32.2. The van der Waals surface area contributed by atoms with Gasteiger partial charge in [-0.15, -0.1) is 0 Å². The van der Waals surface area contributed by atoms with E-state index >= 15 is 0 Å². The molecule has 27 heavy (non-hydrogen) atoms. The van der Waals surface area contributed by atoms with Crippen LogP contribution in [0.5, 0.6) is 0 Å². The van der Waals surface area contributed by atoms with E-state index in [9.17, 15) is 4.79 Å². The number of anilines is 2. The fourth-order valence-electron chi connectivity index (χ4n) is 2.93. The number of hydrogen-bond donors (Lipinski definition) is 1. The molecule has 7 heteroatoms. The van der Waals surface area contributed by atoms with Crippen molar-refractivity contribution in [2.45, 2.75) is 17.4 Å². The Morgan fingerprint density at radius 1 is 1.15 bits per heavy atom. The number of carbonyl (C=O) groups is 1. The number of hydrogen-bond acceptors (Lipinski definition) is 6. The zero-order chi connectivity index (χ0) is 18.6. The van der Waals surface area contributed by atoms with Gasteiger partial charge in [0.2, 0.25) is 5.91 Å². The van der Waals surface area contributed by atoms with Gasteiger partial charge in [-0.25, -0.2) is 4.98 Å². The second-order valence-corrected chi connectivity index (χ2v) is 7.64. The number of nitrogens with zero attached hydrogens (tertiary/aromatic N) is 2. The van der Waals surface area contributed by atoms with Crippen molar-refractivity contribution in [3.8, 4) is 0 Å². The van der Waals surface area contributed by atoms with E-state index in [-0.39, 0.29) is 11.2 Å². The monoisotopic (exact) mass is 383 g/mol. The molecule has 140 valence electrons. The van der Waals surface area contributed by atoms with Crippen molar-refractivity contribution in [1.82, 2.24) is 4.98 Å². The van der Waals surface area contributed by atoms with Crippen molar-refractivity contribution >= 4 is 40.1 Å². The second kappa shape index (κ2) is 8.02. The SMILES string of the molecule is C[C@@H](Sc1nc2ccccc2o1)C(=O)Nc1ccc(N2CCOCC2)cc1. The van der Waals surface area contributed by atoms with Crippen LogP contribution in [0, 0.1) is 0 Å². The number of amides is 1. The predicted octanol–water partition coefficient (Wildman–Crippen LogP) is 3.78. The number of para-hydroxylation sites is 2. The van der Waals surface area contributed by atoms with Gasteiger partial charge in [-0.05, 0) is 43.3 Å². The minimum absolute atomic E-state index is 0.0821. The molecule has 1 fully saturated rings. The first-order chi connectivity index (χ1) is 13.2. The number of rotatable bonds is 5. The first-order valence-electron chi connectivity index (χ1n) is 8.95. The number of carbonyl (C=O) groups excluding carboxylic acids is 1. The Morgan fingerprint density at radius 2 is 1.89 bits per heavy atom. The average Bonchev–Trinajstić information content (AvgIpc) is 3.11. The number of nitrogens with one attached hydrogen (secondary N) is 1. The Bertz CT molecular complexity index is 887. The smallest absolute Gasteiger partial charge is 0.257 e. The van der Waals surface area contributed by atoms with E-state index in [1.807, 2.05) is 55.5 Å². The summed E-state index contributed by atoms with van der Waals surface area (Å²) in [5.41, 5.74) is 3.45. The topological polar surface area (TPSA) is 67.6 Å². The van der Waals surface area contributed by atoms with Crippen molar-refractivity contribution in [3.63, 3.8) is 0 Å². The van der Waals surface area contributed by atoms with Crippen LogP contribution in [0.25, 0.3) is 11.1 Å². The van der Waals surface area contributed by atoms with Gasteiger partial charge >= 0.3 is 0 Å². The van der Waals surface area contributed by atoms with Crippen LogP contribution in [-0.2, 0) is 9.53 Å². The number of aromatic nitrogens is 1. The van der Waals surface area contributed by atoms with E-state index < -0.39 is 0 Å². The molecule has 0 spiro atoms. The molecular weight excluding hydrogens is 362 g/mol. The summed E-state index contributed by atoms with van der Waals surface area (Å²) in [5, 5.41) is 3.13. The third-order valence-corrected chi connectivity index (χ3v) is 5.38. The number of ether oxygens (including phenoxy) is 1. The zero-order valence-corrected chi connectivity index (χ0v) is 15.9. The highest BCUT2D eigenvalue weighted by Gasteiger charge is 2.18. The highest BCUT2D eigenvalue weighted by Crippen LogP contribution is 2.27. The van der Waals surface area contributed by atoms with E-state index in [1.54, 1.807) is 0 Å². The molecular formula is C20H21N3O3S. The molecule has 1 aliphatic heterocycles. The largest absolute Gasteiger partial charge is 0.431 e. The van der Waals surface area contributed by atoms with Gasteiger partial charge in [0, 0.05) is 24.5 Å². The molecule has 0 saturated carbocycles. The molecule has 0 bridgehead atoms. The van der Waals surface area contributed by atoms with Gasteiger partial charge in [0.05, 0.1) is 18.5 Å².